The summed E-state index contributed by atoms with van der Waals surface area (Å²) in [6.45, 7) is 1.02. The smallest absolute Gasteiger partial charge is 0.0728 e. The second-order valence-electron chi connectivity index (χ2n) is 4.85. The normalized spacial score (nSPS) is 34.1. The number of likely N-dealkylation sites (N-methyl/N-ethyl adjacent to an activating group) is 1. The van der Waals surface area contributed by atoms with Crippen molar-refractivity contribution >= 4 is 0 Å². The maximum atomic E-state index is 6.03. The summed E-state index contributed by atoms with van der Waals surface area (Å²) >= 11 is 0. The van der Waals surface area contributed by atoms with Crippen LogP contribution in [0.1, 0.15) is 44.9 Å². The maximum absolute atomic E-state index is 6.03. The molecule has 2 nitrogen and oxygen atoms in total. The van der Waals surface area contributed by atoms with Gasteiger partial charge in [-0.15, -0.1) is 0 Å². The molecule has 0 amide bonds. The van der Waals surface area contributed by atoms with E-state index in [9.17, 15) is 0 Å². The predicted molar refractivity (Wildman–Crippen MR) is 58.4 cm³/mol. The Bertz CT molecular complexity index is 168. The molecule has 0 heterocycles. The predicted octanol–water partition coefficient (Wildman–Crippen LogP) is 2.33. The third kappa shape index (κ3) is 2.96. The zero-order valence-corrected chi connectivity index (χ0v) is 9.30. The van der Waals surface area contributed by atoms with E-state index in [1.54, 1.807) is 0 Å². The van der Waals surface area contributed by atoms with Gasteiger partial charge < -0.3 is 10.1 Å². The number of hydrogen-bond donors (Lipinski definition) is 1. The molecule has 0 aliphatic heterocycles. The lowest BCUT2D eigenvalue weighted by molar-refractivity contribution is 0.0178. The Morgan fingerprint density at radius 1 is 1.07 bits per heavy atom. The molecule has 2 rings (SSSR count). The maximum Gasteiger partial charge on any atom is 0.0728 e. The lowest BCUT2D eigenvalue weighted by atomic mass is 10.1. The first-order valence-corrected chi connectivity index (χ1v) is 6.19. The standard InChI is InChI=1S/C12H23NO/c1-13-11-5-3-2-4-6-12(11)14-9-10-7-8-10/h10-13H,2-9H2,1H3. The zero-order valence-electron chi connectivity index (χ0n) is 9.30. The van der Waals surface area contributed by atoms with E-state index in [4.69, 9.17) is 4.74 Å². The fraction of sp³-hybridized carbons (Fsp3) is 1.00. The molecule has 0 aromatic carbocycles. The van der Waals surface area contributed by atoms with Gasteiger partial charge in [0.2, 0.25) is 0 Å². The van der Waals surface area contributed by atoms with Gasteiger partial charge in [0.25, 0.3) is 0 Å². The fourth-order valence-corrected chi connectivity index (χ4v) is 2.35. The van der Waals surface area contributed by atoms with Gasteiger partial charge in [-0.05, 0) is 38.6 Å². The molecule has 0 bridgehead atoms. The van der Waals surface area contributed by atoms with Gasteiger partial charge in [-0.1, -0.05) is 19.3 Å². The Kier molecular flexibility index (Phi) is 3.82. The first-order valence-electron chi connectivity index (χ1n) is 6.19. The van der Waals surface area contributed by atoms with Gasteiger partial charge in [-0.2, -0.15) is 0 Å². The Hall–Kier alpha value is -0.0800. The molecule has 0 aromatic rings. The van der Waals surface area contributed by atoms with E-state index in [1.807, 2.05) is 0 Å². The molecule has 0 saturated heterocycles. The summed E-state index contributed by atoms with van der Waals surface area (Å²) < 4.78 is 6.03. The van der Waals surface area contributed by atoms with Crippen LogP contribution in [0.4, 0.5) is 0 Å². The van der Waals surface area contributed by atoms with Crippen molar-refractivity contribution < 1.29 is 4.74 Å². The van der Waals surface area contributed by atoms with Crippen LogP contribution in [-0.4, -0.2) is 25.8 Å². The largest absolute Gasteiger partial charge is 0.376 e. The van der Waals surface area contributed by atoms with Crippen molar-refractivity contribution in [3.8, 4) is 0 Å². The Morgan fingerprint density at radius 2 is 1.86 bits per heavy atom. The highest BCUT2D eigenvalue weighted by Crippen LogP contribution is 2.30. The quantitative estimate of drug-likeness (QED) is 0.698. The van der Waals surface area contributed by atoms with E-state index >= 15 is 0 Å². The van der Waals surface area contributed by atoms with Crippen LogP contribution in [0, 0.1) is 5.92 Å². The van der Waals surface area contributed by atoms with Gasteiger partial charge in [0, 0.05) is 12.6 Å². The molecule has 0 spiro atoms. The van der Waals surface area contributed by atoms with Gasteiger partial charge in [0.05, 0.1) is 6.10 Å². The van der Waals surface area contributed by atoms with Crippen LogP contribution in [0.5, 0.6) is 0 Å². The first-order chi connectivity index (χ1) is 6.90. The highest BCUT2D eigenvalue weighted by atomic mass is 16.5. The Morgan fingerprint density at radius 3 is 2.57 bits per heavy atom. The van der Waals surface area contributed by atoms with E-state index in [0.717, 1.165) is 12.5 Å². The molecular weight excluding hydrogens is 174 g/mol. The van der Waals surface area contributed by atoms with Crippen LogP contribution in [0.25, 0.3) is 0 Å². The minimum Gasteiger partial charge on any atom is -0.376 e. The second kappa shape index (κ2) is 5.13. The summed E-state index contributed by atoms with van der Waals surface area (Å²) in [6, 6.07) is 0.608. The van der Waals surface area contributed by atoms with Crippen molar-refractivity contribution in [1.82, 2.24) is 5.32 Å². The lowest BCUT2D eigenvalue weighted by Crippen LogP contribution is -2.38. The monoisotopic (exact) mass is 197 g/mol. The molecule has 14 heavy (non-hydrogen) atoms. The molecule has 82 valence electrons. The zero-order chi connectivity index (χ0) is 9.80. The highest BCUT2D eigenvalue weighted by molar-refractivity contribution is 4.81. The van der Waals surface area contributed by atoms with Crippen molar-refractivity contribution in [1.29, 1.82) is 0 Å². The van der Waals surface area contributed by atoms with Crippen LogP contribution in [-0.2, 0) is 4.74 Å². The molecule has 0 radical (unpaired) electrons. The van der Waals surface area contributed by atoms with Crippen molar-refractivity contribution in [2.24, 2.45) is 5.92 Å². The summed E-state index contributed by atoms with van der Waals surface area (Å²) in [5.74, 6) is 0.899. The van der Waals surface area contributed by atoms with Gasteiger partial charge in [0.15, 0.2) is 0 Å². The van der Waals surface area contributed by atoms with E-state index in [0.29, 0.717) is 12.1 Å². The van der Waals surface area contributed by atoms with Gasteiger partial charge >= 0.3 is 0 Å². The minimum absolute atomic E-state index is 0.489. The second-order valence-corrected chi connectivity index (χ2v) is 4.85. The van der Waals surface area contributed by atoms with Gasteiger partial charge in [0.1, 0.15) is 0 Å². The average molecular weight is 197 g/mol. The SMILES string of the molecule is CNC1CCCCCC1OCC1CC1. The number of ether oxygens (including phenoxy) is 1. The van der Waals surface area contributed by atoms with Crippen molar-refractivity contribution in [2.45, 2.75) is 57.1 Å². The molecule has 2 heteroatoms. The molecule has 2 saturated carbocycles. The molecule has 1 N–H and O–H groups in total. The Balaban J connectivity index is 1.77. The fourth-order valence-electron chi connectivity index (χ4n) is 2.35. The van der Waals surface area contributed by atoms with Crippen LogP contribution in [0.2, 0.25) is 0 Å². The molecule has 2 atom stereocenters. The highest BCUT2D eigenvalue weighted by Gasteiger charge is 2.27. The van der Waals surface area contributed by atoms with Gasteiger partial charge in [-0.3, -0.25) is 0 Å². The summed E-state index contributed by atoms with van der Waals surface area (Å²) in [4.78, 5) is 0. The average Bonchev–Trinajstić information content (AvgIpc) is 3.02. The number of nitrogens with one attached hydrogen (secondary N) is 1. The van der Waals surface area contributed by atoms with Crippen molar-refractivity contribution in [2.75, 3.05) is 13.7 Å². The van der Waals surface area contributed by atoms with E-state index in [2.05, 4.69) is 12.4 Å². The molecule has 2 unspecified atom stereocenters. The van der Waals surface area contributed by atoms with E-state index in [1.165, 1.54) is 44.9 Å². The van der Waals surface area contributed by atoms with Crippen LogP contribution in [0.3, 0.4) is 0 Å². The lowest BCUT2D eigenvalue weighted by Gasteiger charge is -2.24. The van der Waals surface area contributed by atoms with Crippen molar-refractivity contribution in [3.05, 3.63) is 0 Å². The molecule has 0 aromatic heterocycles. The third-order valence-electron chi connectivity index (χ3n) is 3.57. The minimum atomic E-state index is 0.489. The summed E-state index contributed by atoms with van der Waals surface area (Å²) in [5.41, 5.74) is 0. The number of hydrogen-bond acceptors (Lipinski definition) is 2. The molecule has 2 aliphatic carbocycles. The van der Waals surface area contributed by atoms with Crippen LogP contribution >= 0.6 is 0 Å². The summed E-state index contributed by atoms with van der Waals surface area (Å²) in [6.07, 6.45) is 9.96. The first kappa shape index (κ1) is 10.4. The van der Waals surface area contributed by atoms with Crippen molar-refractivity contribution in [3.63, 3.8) is 0 Å². The molecule has 2 fully saturated rings. The number of rotatable bonds is 4. The molecule has 2 aliphatic rings. The van der Waals surface area contributed by atoms with Crippen LogP contribution < -0.4 is 5.32 Å². The van der Waals surface area contributed by atoms with Gasteiger partial charge in [-0.25, -0.2) is 0 Å². The van der Waals surface area contributed by atoms with Crippen LogP contribution in [0.15, 0.2) is 0 Å². The topological polar surface area (TPSA) is 21.3 Å². The third-order valence-corrected chi connectivity index (χ3v) is 3.57. The summed E-state index contributed by atoms with van der Waals surface area (Å²) in [7, 11) is 2.07. The Labute approximate surface area is 87.4 Å². The molecular formula is C12H23NO. The van der Waals surface area contributed by atoms with E-state index in [-0.39, 0.29) is 0 Å². The summed E-state index contributed by atoms with van der Waals surface area (Å²) in [5, 5.41) is 3.41. The van der Waals surface area contributed by atoms with E-state index < -0.39 is 0 Å².